The summed E-state index contributed by atoms with van der Waals surface area (Å²) < 4.78 is 0.792. The van der Waals surface area contributed by atoms with Gasteiger partial charge in [0.25, 0.3) is 0 Å². The third-order valence-electron chi connectivity index (χ3n) is 3.35. The number of nitrogens with zero attached hydrogens (tertiary/aromatic N) is 3. The molecule has 1 saturated carbocycles. The average Bonchev–Trinajstić information content (AvgIpc) is 2.34. The van der Waals surface area contributed by atoms with Crippen molar-refractivity contribution >= 4 is 33.3 Å². The zero-order valence-corrected chi connectivity index (χ0v) is 12.3. The second kappa shape index (κ2) is 6.01. The van der Waals surface area contributed by atoms with Crippen LogP contribution in [0.5, 0.6) is 0 Å². The maximum atomic E-state index is 5.98. The summed E-state index contributed by atoms with van der Waals surface area (Å²) in [4.78, 5) is 10.4. The fourth-order valence-corrected chi connectivity index (χ4v) is 3.09. The summed E-state index contributed by atoms with van der Waals surface area (Å²) in [6, 6.07) is 0. The van der Waals surface area contributed by atoms with Crippen LogP contribution in [0.25, 0.3) is 0 Å². The smallest absolute Gasteiger partial charge is 0.148 e. The summed E-state index contributed by atoms with van der Waals surface area (Å²) >= 11 is 9.42. The van der Waals surface area contributed by atoms with Gasteiger partial charge in [0.15, 0.2) is 0 Å². The predicted octanol–water partition coefficient (Wildman–Crippen LogP) is 3.91. The van der Waals surface area contributed by atoms with E-state index in [1.807, 2.05) is 0 Å². The van der Waals surface area contributed by atoms with Crippen molar-refractivity contribution in [2.24, 2.45) is 5.92 Å². The fraction of sp³-hybridized carbons (Fsp3) is 0.667. The van der Waals surface area contributed by atoms with Gasteiger partial charge in [-0.1, -0.05) is 30.9 Å². The van der Waals surface area contributed by atoms with Crippen LogP contribution in [-0.2, 0) is 0 Å². The first-order chi connectivity index (χ1) is 8.18. The normalized spacial score (nSPS) is 17.1. The minimum atomic E-state index is 0.477. The van der Waals surface area contributed by atoms with Crippen molar-refractivity contribution in [2.45, 2.75) is 32.1 Å². The topological polar surface area (TPSA) is 29.0 Å². The molecule has 0 saturated heterocycles. The molecule has 0 radical (unpaired) electrons. The lowest BCUT2D eigenvalue weighted by Gasteiger charge is -2.28. The molecule has 17 heavy (non-hydrogen) atoms. The Hall–Kier alpha value is -0.350. The van der Waals surface area contributed by atoms with Gasteiger partial charge >= 0.3 is 0 Å². The van der Waals surface area contributed by atoms with Gasteiger partial charge in [0.2, 0.25) is 0 Å². The summed E-state index contributed by atoms with van der Waals surface area (Å²) in [5, 5.41) is 0.477. The lowest BCUT2D eigenvalue weighted by atomic mass is 9.89. The molecule has 1 aliphatic carbocycles. The van der Waals surface area contributed by atoms with Crippen molar-refractivity contribution in [3.05, 3.63) is 16.0 Å². The van der Waals surface area contributed by atoms with Gasteiger partial charge in [-0.25, -0.2) is 9.97 Å². The number of rotatable bonds is 3. The Morgan fingerprint density at radius 3 is 2.76 bits per heavy atom. The molecule has 0 spiro atoms. The van der Waals surface area contributed by atoms with Crippen LogP contribution in [0.3, 0.4) is 0 Å². The van der Waals surface area contributed by atoms with Crippen LogP contribution in [0, 0.1) is 5.92 Å². The number of halogens is 2. The van der Waals surface area contributed by atoms with Gasteiger partial charge in [-0.05, 0) is 34.7 Å². The number of aromatic nitrogens is 2. The molecule has 1 aromatic heterocycles. The minimum absolute atomic E-state index is 0.477. The summed E-state index contributed by atoms with van der Waals surface area (Å²) in [5.74, 6) is 1.67. The molecule has 3 nitrogen and oxygen atoms in total. The molecule has 0 unspecified atom stereocenters. The van der Waals surface area contributed by atoms with Crippen molar-refractivity contribution in [3.63, 3.8) is 0 Å². The van der Waals surface area contributed by atoms with Crippen LogP contribution in [0.15, 0.2) is 10.8 Å². The molecule has 0 amide bonds. The van der Waals surface area contributed by atoms with Gasteiger partial charge in [-0.3, -0.25) is 0 Å². The molecule has 2 rings (SSSR count). The Morgan fingerprint density at radius 1 is 1.35 bits per heavy atom. The lowest BCUT2D eigenvalue weighted by Crippen LogP contribution is -2.27. The molecule has 0 atom stereocenters. The highest BCUT2D eigenvalue weighted by molar-refractivity contribution is 9.10. The van der Waals surface area contributed by atoms with E-state index in [0.717, 1.165) is 22.8 Å². The molecule has 0 N–H and O–H groups in total. The second-order valence-electron chi connectivity index (χ2n) is 4.69. The third kappa shape index (κ3) is 3.32. The second-order valence-corrected chi connectivity index (χ2v) is 5.84. The van der Waals surface area contributed by atoms with Gasteiger partial charge in [0, 0.05) is 13.6 Å². The quantitative estimate of drug-likeness (QED) is 0.791. The van der Waals surface area contributed by atoms with Crippen LogP contribution < -0.4 is 4.90 Å². The van der Waals surface area contributed by atoms with Crippen molar-refractivity contribution in [2.75, 3.05) is 18.5 Å². The van der Waals surface area contributed by atoms with E-state index in [1.54, 1.807) is 0 Å². The van der Waals surface area contributed by atoms with Gasteiger partial charge in [-0.15, -0.1) is 0 Å². The number of hydrogen-bond donors (Lipinski definition) is 0. The van der Waals surface area contributed by atoms with E-state index in [1.165, 1.54) is 38.4 Å². The zero-order valence-electron chi connectivity index (χ0n) is 9.99. The largest absolute Gasteiger partial charge is 0.358 e. The molecule has 1 fully saturated rings. The highest BCUT2D eigenvalue weighted by atomic mass is 79.9. The molecule has 1 aliphatic rings. The summed E-state index contributed by atoms with van der Waals surface area (Å²) in [6.07, 6.45) is 8.30. The molecule has 1 heterocycles. The van der Waals surface area contributed by atoms with Gasteiger partial charge in [-0.2, -0.15) is 0 Å². The van der Waals surface area contributed by atoms with E-state index in [9.17, 15) is 0 Å². The SMILES string of the molecule is CN(CC1CCCCC1)c1ncnc(Cl)c1Br. The van der Waals surface area contributed by atoms with Crippen LogP contribution in [0.1, 0.15) is 32.1 Å². The molecular formula is C12H17BrClN3. The van der Waals surface area contributed by atoms with Crippen LogP contribution >= 0.6 is 27.5 Å². The molecule has 1 aromatic rings. The third-order valence-corrected chi connectivity index (χ3v) is 4.59. The van der Waals surface area contributed by atoms with Crippen molar-refractivity contribution in [1.29, 1.82) is 0 Å². The first kappa shape index (κ1) is 13.1. The van der Waals surface area contributed by atoms with Crippen LogP contribution in [-0.4, -0.2) is 23.6 Å². The lowest BCUT2D eigenvalue weighted by molar-refractivity contribution is 0.361. The van der Waals surface area contributed by atoms with Crippen LogP contribution in [0.4, 0.5) is 5.82 Å². The average molecular weight is 319 g/mol. The van der Waals surface area contributed by atoms with Crippen molar-refractivity contribution in [3.8, 4) is 0 Å². The van der Waals surface area contributed by atoms with E-state index in [-0.39, 0.29) is 0 Å². The summed E-state index contributed by atoms with van der Waals surface area (Å²) in [6.45, 7) is 1.05. The highest BCUT2D eigenvalue weighted by Gasteiger charge is 2.18. The van der Waals surface area contributed by atoms with E-state index in [0.29, 0.717) is 5.15 Å². The van der Waals surface area contributed by atoms with Crippen LogP contribution in [0.2, 0.25) is 5.15 Å². The maximum Gasteiger partial charge on any atom is 0.148 e. The standard InChI is InChI=1S/C12H17BrClN3/c1-17(7-9-5-3-2-4-6-9)12-10(13)11(14)15-8-16-12/h8-9H,2-7H2,1H3. The van der Waals surface area contributed by atoms with Gasteiger partial charge in [0.05, 0.1) is 4.47 Å². The number of hydrogen-bond acceptors (Lipinski definition) is 3. The van der Waals surface area contributed by atoms with Crippen molar-refractivity contribution < 1.29 is 0 Å². The predicted molar refractivity (Wildman–Crippen MR) is 74.6 cm³/mol. The van der Waals surface area contributed by atoms with E-state index in [4.69, 9.17) is 11.6 Å². The van der Waals surface area contributed by atoms with Gasteiger partial charge < -0.3 is 4.90 Å². The Bertz CT molecular complexity index is 380. The number of anilines is 1. The Morgan fingerprint density at radius 2 is 2.06 bits per heavy atom. The summed E-state index contributed by atoms with van der Waals surface area (Å²) in [5.41, 5.74) is 0. The zero-order chi connectivity index (χ0) is 12.3. The van der Waals surface area contributed by atoms with Gasteiger partial charge in [0.1, 0.15) is 17.3 Å². The summed E-state index contributed by atoms with van der Waals surface area (Å²) in [7, 11) is 2.07. The molecule has 0 bridgehead atoms. The van der Waals surface area contributed by atoms with E-state index >= 15 is 0 Å². The molecule has 0 aliphatic heterocycles. The first-order valence-electron chi connectivity index (χ1n) is 6.05. The monoisotopic (exact) mass is 317 g/mol. The Kier molecular flexibility index (Phi) is 4.62. The Balaban J connectivity index is 2.03. The fourth-order valence-electron chi connectivity index (χ4n) is 2.45. The first-order valence-corrected chi connectivity index (χ1v) is 7.22. The van der Waals surface area contributed by atoms with Crippen molar-refractivity contribution in [1.82, 2.24) is 9.97 Å². The molecule has 94 valence electrons. The highest BCUT2D eigenvalue weighted by Crippen LogP contribution is 2.30. The molecule has 0 aromatic carbocycles. The molecule has 5 heteroatoms. The Labute approximate surface area is 116 Å². The minimum Gasteiger partial charge on any atom is -0.358 e. The molecular weight excluding hydrogens is 302 g/mol. The van der Waals surface area contributed by atoms with E-state index in [2.05, 4.69) is 37.8 Å². The van der Waals surface area contributed by atoms with E-state index < -0.39 is 0 Å². The maximum absolute atomic E-state index is 5.98.